The molecule has 1 aliphatic rings. The quantitative estimate of drug-likeness (QED) is 0.774. The molecular formula is C13H19NO4. The van der Waals surface area contributed by atoms with E-state index in [0.29, 0.717) is 12.5 Å². The van der Waals surface area contributed by atoms with E-state index < -0.39 is 5.97 Å². The number of aliphatic hydroxyl groups excluding tert-OH is 1. The number of methoxy groups -OCH3 is 1. The molecule has 0 aliphatic heterocycles. The van der Waals surface area contributed by atoms with Gasteiger partial charge in [0, 0.05) is 12.1 Å². The molecular weight excluding hydrogens is 234 g/mol. The van der Waals surface area contributed by atoms with Crippen LogP contribution in [0.15, 0.2) is 16.7 Å². The molecule has 0 amide bonds. The van der Waals surface area contributed by atoms with Gasteiger partial charge in [-0.3, -0.25) is 0 Å². The number of carbonyl (C=O) groups excluding carboxylic acids is 1. The first-order valence-corrected chi connectivity index (χ1v) is 6.24. The average Bonchev–Trinajstić information content (AvgIpc) is 2.98. The molecule has 0 radical (unpaired) electrons. The minimum absolute atomic E-state index is 0.142. The van der Waals surface area contributed by atoms with E-state index in [4.69, 9.17) is 4.42 Å². The van der Waals surface area contributed by atoms with Crippen molar-refractivity contribution >= 4 is 5.97 Å². The predicted octanol–water partition coefficient (Wildman–Crippen LogP) is 1.32. The lowest BCUT2D eigenvalue weighted by molar-refractivity contribution is 0.0563. The van der Waals surface area contributed by atoms with E-state index in [1.54, 1.807) is 6.07 Å². The fourth-order valence-electron chi connectivity index (χ4n) is 2.39. The Morgan fingerprint density at radius 2 is 2.44 bits per heavy atom. The monoisotopic (exact) mass is 253 g/mol. The van der Waals surface area contributed by atoms with Crippen LogP contribution in [0.1, 0.15) is 35.4 Å². The lowest BCUT2D eigenvalue weighted by atomic mass is 10.1. The molecule has 5 heteroatoms. The summed E-state index contributed by atoms with van der Waals surface area (Å²) in [5.41, 5.74) is 0.806. The van der Waals surface area contributed by atoms with Crippen molar-refractivity contribution in [2.24, 2.45) is 5.92 Å². The molecule has 0 aromatic carbocycles. The van der Waals surface area contributed by atoms with Gasteiger partial charge in [-0.1, -0.05) is 0 Å². The molecule has 2 rings (SSSR count). The number of aliphatic hydroxyl groups is 1. The number of hydrogen-bond donors (Lipinski definition) is 2. The molecule has 5 nitrogen and oxygen atoms in total. The van der Waals surface area contributed by atoms with Crippen LogP contribution in [0.2, 0.25) is 0 Å². The zero-order valence-electron chi connectivity index (χ0n) is 10.5. The van der Waals surface area contributed by atoms with Crippen molar-refractivity contribution in [1.29, 1.82) is 0 Å². The molecule has 2 unspecified atom stereocenters. The van der Waals surface area contributed by atoms with Crippen molar-refractivity contribution in [3.8, 4) is 0 Å². The van der Waals surface area contributed by atoms with Crippen molar-refractivity contribution in [1.82, 2.24) is 5.32 Å². The summed E-state index contributed by atoms with van der Waals surface area (Å²) < 4.78 is 9.74. The number of carbonyl (C=O) groups is 1. The molecule has 1 aromatic heterocycles. The summed E-state index contributed by atoms with van der Waals surface area (Å²) in [6.45, 7) is 1.43. The molecule has 0 spiro atoms. The van der Waals surface area contributed by atoms with Gasteiger partial charge in [0.1, 0.15) is 0 Å². The van der Waals surface area contributed by atoms with Crippen LogP contribution in [-0.2, 0) is 11.3 Å². The van der Waals surface area contributed by atoms with E-state index in [1.807, 2.05) is 0 Å². The molecule has 0 saturated heterocycles. The second-order valence-electron chi connectivity index (χ2n) is 4.73. The Balaban J connectivity index is 1.80. The summed E-state index contributed by atoms with van der Waals surface area (Å²) in [5.74, 6) is 0.332. The highest BCUT2D eigenvalue weighted by Gasteiger charge is 2.22. The standard InChI is InChI=1S/C13H19NO4/c1-17-13(16)12-10(4-5-18-12)8-14-7-9-2-3-11(15)6-9/h4-5,9,11,14-15H,2-3,6-8H2,1H3. The van der Waals surface area contributed by atoms with E-state index in [9.17, 15) is 9.90 Å². The average molecular weight is 253 g/mol. The molecule has 1 aliphatic carbocycles. The number of furan rings is 1. The lowest BCUT2D eigenvalue weighted by Crippen LogP contribution is -2.22. The molecule has 1 aromatic rings. The Morgan fingerprint density at radius 1 is 1.61 bits per heavy atom. The zero-order valence-corrected chi connectivity index (χ0v) is 10.5. The minimum atomic E-state index is -0.451. The maximum atomic E-state index is 11.4. The van der Waals surface area contributed by atoms with E-state index in [-0.39, 0.29) is 11.9 Å². The van der Waals surface area contributed by atoms with Crippen LogP contribution in [0.5, 0.6) is 0 Å². The summed E-state index contributed by atoms with van der Waals surface area (Å²) in [4.78, 5) is 11.4. The number of nitrogens with one attached hydrogen (secondary N) is 1. The first kappa shape index (κ1) is 13.1. The third kappa shape index (κ3) is 3.11. The SMILES string of the molecule is COC(=O)c1occc1CNCC1CCC(O)C1. The summed E-state index contributed by atoms with van der Waals surface area (Å²) in [7, 11) is 1.34. The van der Waals surface area contributed by atoms with Gasteiger partial charge in [0.05, 0.1) is 19.5 Å². The largest absolute Gasteiger partial charge is 0.463 e. The highest BCUT2D eigenvalue weighted by atomic mass is 16.5. The van der Waals surface area contributed by atoms with Crippen LogP contribution in [-0.4, -0.2) is 30.8 Å². The summed E-state index contributed by atoms with van der Waals surface area (Å²) in [5, 5.41) is 12.7. The maximum absolute atomic E-state index is 11.4. The first-order valence-electron chi connectivity index (χ1n) is 6.24. The Morgan fingerprint density at radius 3 is 3.11 bits per heavy atom. The lowest BCUT2D eigenvalue weighted by Gasteiger charge is -2.10. The van der Waals surface area contributed by atoms with E-state index in [2.05, 4.69) is 10.1 Å². The van der Waals surface area contributed by atoms with Gasteiger partial charge in [-0.25, -0.2) is 4.79 Å². The number of esters is 1. The summed E-state index contributed by atoms with van der Waals surface area (Å²) in [6, 6.07) is 1.77. The van der Waals surface area contributed by atoms with Gasteiger partial charge in [-0.15, -0.1) is 0 Å². The smallest absolute Gasteiger partial charge is 0.374 e. The van der Waals surface area contributed by atoms with Gasteiger partial charge < -0.3 is 19.6 Å². The van der Waals surface area contributed by atoms with Crippen LogP contribution >= 0.6 is 0 Å². The van der Waals surface area contributed by atoms with Crippen LogP contribution in [0, 0.1) is 5.92 Å². The van der Waals surface area contributed by atoms with Gasteiger partial charge in [-0.05, 0) is 37.8 Å². The van der Waals surface area contributed by atoms with Gasteiger partial charge in [-0.2, -0.15) is 0 Å². The fourth-order valence-corrected chi connectivity index (χ4v) is 2.39. The van der Waals surface area contributed by atoms with Crippen LogP contribution < -0.4 is 5.32 Å². The molecule has 100 valence electrons. The van der Waals surface area contributed by atoms with Crippen LogP contribution in [0.3, 0.4) is 0 Å². The van der Waals surface area contributed by atoms with Gasteiger partial charge in [0.25, 0.3) is 0 Å². The van der Waals surface area contributed by atoms with Crippen molar-refractivity contribution in [2.45, 2.75) is 31.9 Å². The van der Waals surface area contributed by atoms with E-state index >= 15 is 0 Å². The predicted molar refractivity (Wildman–Crippen MR) is 65.1 cm³/mol. The van der Waals surface area contributed by atoms with Crippen molar-refractivity contribution < 1.29 is 19.1 Å². The maximum Gasteiger partial charge on any atom is 0.374 e. The van der Waals surface area contributed by atoms with Gasteiger partial charge in [0.15, 0.2) is 0 Å². The Labute approximate surface area is 106 Å². The number of ether oxygens (including phenoxy) is 1. The first-order chi connectivity index (χ1) is 8.70. The highest BCUT2D eigenvalue weighted by Crippen LogP contribution is 2.24. The molecule has 18 heavy (non-hydrogen) atoms. The third-order valence-electron chi connectivity index (χ3n) is 3.38. The summed E-state index contributed by atoms with van der Waals surface area (Å²) >= 11 is 0. The Kier molecular flexibility index (Phi) is 4.38. The third-order valence-corrected chi connectivity index (χ3v) is 3.38. The van der Waals surface area contributed by atoms with Crippen LogP contribution in [0.25, 0.3) is 0 Å². The normalized spacial score (nSPS) is 23.2. The molecule has 1 fully saturated rings. The topological polar surface area (TPSA) is 71.7 Å². The molecule has 1 saturated carbocycles. The zero-order chi connectivity index (χ0) is 13.0. The number of rotatable bonds is 5. The van der Waals surface area contributed by atoms with Gasteiger partial charge in [0.2, 0.25) is 5.76 Å². The molecule has 2 N–H and O–H groups in total. The molecule has 2 atom stereocenters. The second kappa shape index (κ2) is 6.02. The van der Waals surface area contributed by atoms with E-state index in [1.165, 1.54) is 13.4 Å². The highest BCUT2D eigenvalue weighted by molar-refractivity contribution is 5.87. The summed E-state index contributed by atoms with van der Waals surface area (Å²) in [6.07, 6.45) is 4.16. The second-order valence-corrected chi connectivity index (χ2v) is 4.73. The minimum Gasteiger partial charge on any atom is -0.463 e. The number of hydrogen-bond acceptors (Lipinski definition) is 5. The van der Waals surface area contributed by atoms with Crippen molar-refractivity contribution in [3.63, 3.8) is 0 Å². The van der Waals surface area contributed by atoms with Crippen LogP contribution in [0.4, 0.5) is 0 Å². The fraction of sp³-hybridized carbons (Fsp3) is 0.615. The van der Waals surface area contributed by atoms with E-state index in [0.717, 1.165) is 31.4 Å². The molecule has 1 heterocycles. The van der Waals surface area contributed by atoms with Crippen molar-refractivity contribution in [3.05, 3.63) is 23.7 Å². The van der Waals surface area contributed by atoms with Gasteiger partial charge >= 0.3 is 5.97 Å². The molecule has 0 bridgehead atoms. The Hall–Kier alpha value is -1.33. The Bertz CT molecular complexity index is 401. The van der Waals surface area contributed by atoms with Crippen molar-refractivity contribution in [2.75, 3.05) is 13.7 Å².